The summed E-state index contributed by atoms with van der Waals surface area (Å²) in [7, 11) is 0. The van der Waals surface area contributed by atoms with Crippen molar-refractivity contribution in [1.29, 1.82) is 0 Å². The van der Waals surface area contributed by atoms with E-state index in [1.807, 2.05) is 24.3 Å². The number of carbonyl (C=O) groups excluding carboxylic acids is 1. The van der Waals surface area contributed by atoms with Crippen LogP contribution in [0.3, 0.4) is 0 Å². The number of hydrogen-bond donors (Lipinski definition) is 2. The molecule has 0 saturated heterocycles. The second-order valence-corrected chi connectivity index (χ2v) is 6.97. The van der Waals surface area contributed by atoms with Gasteiger partial charge in [-0.05, 0) is 61.8 Å². The maximum atomic E-state index is 12.0. The Morgan fingerprint density at radius 3 is 2.43 bits per heavy atom. The summed E-state index contributed by atoms with van der Waals surface area (Å²) in [5, 5.41) is 6.67. The minimum absolute atomic E-state index is 0.0590. The van der Waals surface area contributed by atoms with Gasteiger partial charge in [0.05, 0.1) is 0 Å². The number of amides is 1. The molecule has 0 aliphatic heterocycles. The van der Waals surface area contributed by atoms with E-state index in [0.717, 1.165) is 35.9 Å². The summed E-state index contributed by atoms with van der Waals surface area (Å²) < 4.78 is 0. The molecule has 21 heavy (non-hydrogen) atoms. The third-order valence-electron chi connectivity index (χ3n) is 4.87. The van der Waals surface area contributed by atoms with Gasteiger partial charge in [-0.15, -0.1) is 0 Å². The van der Waals surface area contributed by atoms with E-state index in [1.165, 1.54) is 19.3 Å². The second kappa shape index (κ2) is 6.08. The summed E-state index contributed by atoms with van der Waals surface area (Å²) >= 11 is 0. The highest BCUT2D eigenvalue weighted by Gasteiger charge is 2.26. The monoisotopic (exact) mass is 286 g/mol. The van der Waals surface area contributed by atoms with Crippen LogP contribution >= 0.6 is 0 Å². The molecule has 0 heterocycles. The van der Waals surface area contributed by atoms with Gasteiger partial charge < -0.3 is 10.6 Å². The SMILES string of the molecule is CC1CCC(C)C(Nc2ccc(C(=O)NC3CC3)cc2)C1. The highest BCUT2D eigenvalue weighted by molar-refractivity contribution is 5.94. The lowest BCUT2D eigenvalue weighted by atomic mass is 9.80. The quantitative estimate of drug-likeness (QED) is 0.883. The van der Waals surface area contributed by atoms with Crippen LogP contribution in [0.1, 0.15) is 56.3 Å². The molecule has 2 aliphatic rings. The number of rotatable bonds is 4. The Bertz CT molecular complexity index is 492. The highest BCUT2D eigenvalue weighted by Crippen LogP contribution is 2.30. The lowest BCUT2D eigenvalue weighted by Gasteiger charge is -2.34. The first-order valence-corrected chi connectivity index (χ1v) is 8.29. The van der Waals surface area contributed by atoms with Crippen molar-refractivity contribution in [2.45, 2.75) is 58.0 Å². The Hall–Kier alpha value is -1.51. The average Bonchev–Trinajstić information content (AvgIpc) is 3.27. The Kier molecular flexibility index (Phi) is 4.18. The van der Waals surface area contributed by atoms with E-state index >= 15 is 0 Å². The van der Waals surface area contributed by atoms with E-state index in [-0.39, 0.29) is 5.91 Å². The molecule has 0 bridgehead atoms. The molecular weight excluding hydrogens is 260 g/mol. The number of nitrogens with one attached hydrogen (secondary N) is 2. The molecule has 1 amide bonds. The second-order valence-electron chi connectivity index (χ2n) is 6.97. The summed E-state index contributed by atoms with van der Waals surface area (Å²) in [6.07, 6.45) is 6.15. The van der Waals surface area contributed by atoms with Crippen LogP contribution in [-0.4, -0.2) is 18.0 Å². The minimum atomic E-state index is 0.0590. The first kappa shape index (κ1) is 14.4. The van der Waals surface area contributed by atoms with E-state index < -0.39 is 0 Å². The molecule has 3 atom stereocenters. The number of carbonyl (C=O) groups is 1. The molecular formula is C18H26N2O. The van der Waals surface area contributed by atoms with E-state index in [0.29, 0.717) is 12.1 Å². The molecule has 2 saturated carbocycles. The molecule has 3 rings (SSSR count). The van der Waals surface area contributed by atoms with E-state index in [9.17, 15) is 4.79 Å². The fourth-order valence-corrected chi connectivity index (χ4v) is 3.16. The molecule has 114 valence electrons. The van der Waals surface area contributed by atoms with Crippen LogP contribution < -0.4 is 10.6 Å². The average molecular weight is 286 g/mol. The van der Waals surface area contributed by atoms with Crippen LogP contribution in [0.2, 0.25) is 0 Å². The van der Waals surface area contributed by atoms with Gasteiger partial charge in [-0.3, -0.25) is 4.79 Å². The van der Waals surface area contributed by atoms with Gasteiger partial charge in [-0.25, -0.2) is 0 Å². The zero-order valence-corrected chi connectivity index (χ0v) is 13.1. The normalized spacial score (nSPS) is 29.0. The van der Waals surface area contributed by atoms with Crippen molar-refractivity contribution < 1.29 is 4.79 Å². The Morgan fingerprint density at radius 1 is 1.05 bits per heavy atom. The maximum absolute atomic E-state index is 12.0. The van der Waals surface area contributed by atoms with Gasteiger partial charge in [0, 0.05) is 23.3 Å². The molecule has 2 aliphatic carbocycles. The zero-order valence-electron chi connectivity index (χ0n) is 13.1. The molecule has 3 unspecified atom stereocenters. The lowest BCUT2D eigenvalue weighted by molar-refractivity contribution is 0.0951. The summed E-state index contributed by atoms with van der Waals surface area (Å²) in [6, 6.07) is 8.90. The third-order valence-corrected chi connectivity index (χ3v) is 4.87. The van der Waals surface area contributed by atoms with E-state index in [2.05, 4.69) is 24.5 Å². The Morgan fingerprint density at radius 2 is 1.76 bits per heavy atom. The molecule has 1 aromatic carbocycles. The van der Waals surface area contributed by atoms with E-state index in [4.69, 9.17) is 0 Å². The molecule has 2 fully saturated rings. The maximum Gasteiger partial charge on any atom is 0.251 e. The lowest BCUT2D eigenvalue weighted by Crippen LogP contribution is -2.33. The molecule has 3 nitrogen and oxygen atoms in total. The van der Waals surface area contributed by atoms with Crippen molar-refractivity contribution in [2.24, 2.45) is 11.8 Å². The predicted molar refractivity (Wildman–Crippen MR) is 86.5 cm³/mol. The van der Waals surface area contributed by atoms with Gasteiger partial charge >= 0.3 is 0 Å². The van der Waals surface area contributed by atoms with Gasteiger partial charge in [0.25, 0.3) is 5.91 Å². The first-order valence-electron chi connectivity index (χ1n) is 8.29. The number of anilines is 1. The van der Waals surface area contributed by atoms with Gasteiger partial charge in [0.2, 0.25) is 0 Å². The van der Waals surface area contributed by atoms with Crippen LogP contribution in [0.5, 0.6) is 0 Å². The predicted octanol–water partition coefficient (Wildman–Crippen LogP) is 3.82. The number of hydrogen-bond acceptors (Lipinski definition) is 2. The fraction of sp³-hybridized carbons (Fsp3) is 0.611. The molecule has 3 heteroatoms. The molecule has 1 aromatic rings. The summed E-state index contributed by atoms with van der Waals surface area (Å²) in [6.45, 7) is 4.67. The zero-order chi connectivity index (χ0) is 14.8. The van der Waals surface area contributed by atoms with E-state index in [1.54, 1.807) is 0 Å². The van der Waals surface area contributed by atoms with Gasteiger partial charge in [0.1, 0.15) is 0 Å². The highest BCUT2D eigenvalue weighted by atomic mass is 16.1. The standard InChI is InChI=1S/C18H26N2O/c1-12-3-4-13(2)17(11-12)19-15-7-5-14(6-8-15)18(21)20-16-9-10-16/h5-8,12-13,16-17,19H,3-4,9-11H2,1-2H3,(H,20,21). The first-order chi connectivity index (χ1) is 10.1. The smallest absolute Gasteiger partial charge is 0.251 e. The van der Waals surface area contributed by atoms with Crippen molar-refractivity contribution in [1.82, 2.24) is 5.32 Å². The van der Waals surface area contributed by atoms with Gasteiger partial charge in [-0.1, -0.05) is 20.3 Å². The van der Waals surface area contributed by atoms with Crippen LogP contribution in [0.25, 0.3) is 0 Å². The van der Waals surface area contributed by atoms with Gasteiger partial charge in [-0.2, -0.15) is 0 Å². The van der Waals surface area contributed by atoms with Crippen LogP contribution in [0.15, 0.2) is 24.3 Å². The molecule has 2 N–H and O–H groups in total. The van der Waals surface area contributed by atoms with Crippen LogP contribution in [0, 0.1) is 11.8 Å². The van der Waals surface area contributed by atoms with Crippen molar-refractivity contribution in [2.75, 3.05) is 5.32 Å². The minimum Gasteiger partial charge on any atom is -0.382 e. The molecule has 0 aromatic heterocycles. The van der Waals surface area contributed by atoms with Crippen molar-refractivity contribution in [3.63, 3.8) is 0 Å². The largest absolute Gasteiger partial charge is 0.382 e. The number of benzene rings is 1. The summed E-state index contributed by atoms with van der Waals surface area (Å²) in [5.74, 6) is 1.59. The third kappa shape index (κ3) is 3.78. The topological polar surface area (TPSA) is 41.1 Å². The van der Waals surface area contributed by atoms with Crippen molar-refractivity contribution in [3.05, 3.63) is 29.8 Å². The van der Waals surface area contributed by atoms with Crippen LogP contribution in [-0.2, 0) is 0 Å². The Balaban J connectivity index is 1.59. The summed E-state index contributed by atoms with van der Waals surface area (Å²) in [5.41, 5.74) is 1.89. The fourth-order valence-electron chi connectivity index (χ4n) is 3.16. The van der Waals surface area contributed by atoms with Gasteiger partial charge in [0.15, 0.2) is 0 Å². The molecule has 0 spiro atoms. The molecule has 0 radical (unpaired) electrons. The van der Waals surface area contributed by atoms with Crippen LogP contribution in [0.4, 0.5) is 5.69 Å². The van der Waals surface area contributed by atoms with Crippen molar-refractivity contribution >= 4 is 11.6 Å². The Labute approximate surface area is 127 Å². The summed E-state index contributed by atoms with van der Waals surface area (Å²) in [4.78, 5) is 12.0. The van der Waals surface area contributed by atoms with Crippen molar-refractivity contribution in [3.8, 4) is 0 Å².